The molecule has 0 saturated heterocycles. The molecule has 2 N–H and O–H groups in total. The van der Waals surface area contributed by atoms with Gasteiger partial charge in [-0.1, -0.05) is 37.7 Å². The van der Waals surface area contributed by atoms with E-state index < -0.39 is 19.7 Å². The van der Waals surface area contributed by atoms with Gasteiger partial charge in [0.2, 0.25) is 0 Å². The highest BCUT2D eigenvalue weighted by molar-refractivity contribution is 6.83. The van der Waals surface area contributed by atoms with Gasteiger partial charge in [-0.15, -0.1) is 5.54 Å². The third-order valence-electron chi connectivity index (χ3n) is 2.82. The lowest BCUT2D eigenvalue weighted by Crippen LogP contribution is -2.16. The summed E-state index contributed by atoms with van der Waals surface area (Å²) < 4.78 is 28.4. The summed E-state index contributed by atoms with van der Waals surface area (Å²) in [4.78, 5) is 0. The highest BCUT2D eigenvalue weighted by Crippen LogP contribution is 2.27. The molecule has 0 unspecified atom stereocenters. The molecule has 0 saturated carbocycles. The number of hydrogen-bond donors (Lipinski definition) is 1. The highest BCUT2D eigenvalue weighted by atomic mass is 28.3. The van der Waals surface area contributed by atoms with Gasteiger partial charge in [0.15, 0.2) is 0 Å². The molecule has 0 aromatic heterocycles. The van der Waals surface area contributed by atoms with Crippen molar-refractivity contribution < 1.29 is 8.78 Å². The second-order valence-electron chi connectivity index (χ2n) is 5.94. The molecule has 2 rings (SSSR count). The van der Waals surface area contributed by atoms with Crippen molar-refractivity contribution in [3.05, 3.63) is 53.6 Å². The van der Waals surface area contributed by atoms with Crippen molar-refractivity contribution in [1.29, 1.82) is 0 Å². The quantitative estimate of drug-likeness (QED) is 0.470. The molecule has 21 heavy (non-hydrogen) atoms. The molecule has 0 spiro atoms. The van der Waals surface area contributed by atoms with Crippen LogP contribution in [0.5, 0.6) is 0 Å². The van der Waals surface area contributed by atoms with Crippen molar-refractivity contribution in [2.45, 2.75) is 19.6 Å². The first-order valence-corrected chi connectivity index (χ1v) is 10.1. The van der Waals surface area contributed by atoms with Gasteiger partial charge >= 0.3 is 0 Å². The molecule has 0 radical (unpaired) electrons. The fourth-order valence-corrected chi connectivity index (χ4v) is 2.35. The topological polar surface area (TPSA) is 26.0 Å². The maximum atomic E-state index is 14.2. The minimum absolute atomic E-state index is 0.0476. The zero-order chi connectivity index (χ0) is 15.6. The van der Waals surface area contributed by atoms with E-state index in [0.29, 0.717) is 16.8 Å². The van der Waals surface area contributed by atoms with Gasteiger partial charge in [0.05, 0.1) is 5.56 Å². The number of hydrogen-bond acceptors (Lipinski definition) is 1. The van der Waals surface area contributed by atoms with Gasteiger partial charge in [0.25, 0.3) is 0 Å². The molecule has 2 aromatic carbocycles. The SMILES string of the molecule is C[Si](C)(C)C#Cc1cc(F)c(-c2ccc(N)cc2)c(F)c1. The molecule has 108 valence electrons. The van der Waals surface area contributed by atoms with Crippen molar-refractivity contribution in [1.82, 2.24) is 0 Å². The lowest BCUT2D eigenvalue weighted by atomic mass is 10.0. The Morgan fingerprint density at radius 1 is 0.952 bits per heavy atom. The Morgan fingerprint density at radius 2 is 1.48 bits per heavy atom. The maximum Gasteiger partial charge on any atom is 0.135 e. The van der Waals surface area contributed by atoms with Crippen LogP contribution in [-0.4, -0.2) is 8.07 Å². The van der Waals surface area contributed by atoms with Crippen LogP contribution in [0.4, 0.5) is 14.5 Å². The van der Waals surface area contributed by atoms with Gasteiger partial charge in [-0.2, -0.15) is 0 Å². The fourth-order valence-electron chi connectivity index (χ4n) is 1.83. The summed E-state index contributed by atoms with van der Waals surface area (Å²) in [5.41, 5.74) is 10.0. The summed E-state index contributed by atoms with van der Waals surface area (Å²) >= 11 is 0. The molecule has 4 heteroatoms. The smallest absolute Gasteiger partial charge is 0.135 e. The van der Waals surface area contributed by atoms with E-state index in [0.717, 1.165) is 0 Å². The van der Waals surface area contributed by atoms with Gasteiger partial charge < -0.3 is 5.73 Å². The van der Waals surface area contributed by atoms with Gasteiger partial charge in [-0.25, -0.2) is 8.78 Å². The monoisotopic (exact) mass is 301 g/mol. The lowest BCUT2D eigenvalue weighted by Gasteiger charge is -2.07. The minimum Gasteiger partial charge on any atom is -0.399 e. The van der Waals surface area contributed by atoms with Gasteiger partial charge in [0, 0.05) is 11.3 Å². The average Bonchev–Trinajstić information content (AvgIpc) is 2.37. The Morgan fingerprint density at radius 3 is 1.95 bits per heavy atom. The number of nitrogen functional groups attached to an aromatic ring is 1. The Balaban J connectivity index is 2.46. The minimum atomic E-state index is -1.58. The molecule has 0 fully saturated rings. The van der Waals surface area contributed by atoms with E-state index in [1.807, 2.05) is 0 Å². The first-order valence-electron chi connectivity index (χ1n) is 6.64. The van der Waals surface area contributed by atoms with Crippen molar-refractivity contribution in [2.24, 2.45) is 0 Å². The molecule has 0 aliphatic rings. The Bertz CT molecular complexity index is 696. The molecular weight excluding hydrogens is 284 g/mol. The van der Waals surface area contributed by atoms with Crippen LogP contribution in [-0.2, 0) is 0 Å². The van der Waals surface area contributed by atoms with E-state index in [9.17, 15) is 8.78 Å². The molecule has 0 bridgehead atoms. The number of halogens is 2. The highest BCUT2D eigenvalue weighted by Gasteiger charge is 2.13. The predicted octanol–water partition coefficient (Wildman–Crippen LogP) is 4.44. The third-order valence-corrected chi connectivity index (χ3v) is 3.70. The van der Waals surface area contributed by atoms with Crippen molar-refractivity contribution in [3.63, 3.8) is 0 Å². The second-order valence-corrected chi connectivity index (χ2v) is 10.7. The summed E-state index contributed by atoms with van der Waals surface area (Å²) in [7, 11) is -1.58. The summed E-state index contributed by atoms with van der Waals surface area (Å²) in [6, 6.07) is 9.00. The molecule has 0 aliphatic heterocycles. The van der Waals surface area contributed by atoms with Gasteiger partial charge in [0.1, 0.15) is 19.7 Å². The van der Waals surface area contributed by atoms with Crippen LogP contribution in [0.25, 0.3) is 11.1 Å². The molecule has 0 heterocycles. The summed E-state index contributed by atoms with van der Waals surface area (Å²) in [6.45, 7) is 6.24. The predicted molar refractivity (Wildman–Crippen MR) is 86.4 cm³/mol. The van der Waals surface area contributed by atoms with E-state index in [-0.39, 0.29) is 5.56 Å². The Hall–Kier alpha value is -2.12. The van der Waals surface area contributed by atoms with Gasteiger partial charge in [-0.05, 0) is 29.8 Å². The standard InChI is InChI=1S/C17H17F2NSi/c1-21(2,3)9-8-12-10-15(18)17(16(19)11-12)13-4-6-14(20)7-5-13/h4-7,10-11H,20H2,1-3H3. The fraction of sp³-hybridized carbons (Fsp3) is 0.176. The molecule has 0 atom stereocenters. The van der Waals surface area contributed by atoms with Crippen molar-refractivity contribution >= 4 is 13.8 Å². The van der Waals surface area contributed by atoms with E-state index in [1.54, 1.807) is 24.3 Å². The van der Waals surface area contributed by atoms with E-state index in [2.05, 4.69) is 31.1 Å². The van der Waals surface area contributed by atoms with Crippen molar-refractivity contribution in [2.75, 3.05) is 5.73 Å². The average molecular weight is 301 g/mol. The van der Waals surface area contributed by atoms with E-state index in [1.165, 1.54) is 12.1 Å². The van der Waals surface area contributed by atoms with Gasteiger partial charge in [-0.3, -0.25) is 0 Å². The van der Waals surface area contributed by atoms with Crippen LogP contribution in [0.2, 0.25) is 19.6 Å². The van der Waals surface area contributed by atoms with Crippen molar-refractivity contribution in [3.8, 4) is 22.6 Å². The molecule has 1 nitrogen and oxygen atoms in total. The normalized spacial score (nSPS) is 10.9. The number of nitrogens with two attached hydrogens (primary N) is 1. The van der Waals surface area contributed by atoms with Crippen LogP contribution in [0, 0.1) is 23.1 Å². The van der Waals surface area contributed by atoms with Crippen LogP contribution in [0.1, 0.15) is 5.56 Å². The first-order chi connectivity index (χ1) is 9.76. The number of rotatable bonds is 1. The second kappa shape index (κ2) is 5.70. The zero-order valence-corrected chi connectivity index (χ0v) is 13.3. The molecule has 0 aliphatic carbocycles. The van der Waals surface area contributed by atoms with E-state index >= 15 is 0 Å². The summed E-state index contributed by atoms with van der Waals surface area (Å²) in [5.74, 6) is 1.64. The lowest BCUT2D eigenvalue weighted by molar-refractivity contribution is 0.589. The Kier molecular flexibility index (Phi) is 4.15. The largest absolute Gasteiger partial charge is 0.399 e. The summed E-state index contributed by atoms with van der Waals surface area (Å²) in [5, 5.41) is 0. The number of anilines is 1. The van der Waals surface area contributed by atoms with Crippen LogP contribution < -0.4 is 5.73 Å². The molecular formula is C17H17F2NSi. The summed E-state index contributed by atoms with van der Waals surface area (Å²) in [6.07, 6.45) is 0. The first kappa shape index (κ1) is 15.3. The maximum absolute atomic E-state index is 14.2. The number of benzene rings is 2. The third kappa shape index (κ3) is 3.93. The van der Waals surface area contributed by atoms with Crippen LogP contribution in [0.15, 0.2) is 36.4 Å². The molecule has 2 aromatic rings. The van der Waals surface area contributed by atoms with Crippen LogP contribution in [0.3, 0.4) is 0 Å². The van der Waals surface area contributed by atoms with E-state index in [4.69, 9.17) is 5.73 Å². The van der Waals surface area contributed by atoms with Crippen LogP contribution >= 0.6 is 0 Å². The zero-order valence-electron chi connectivity index (χ0n) is 12.3. The molecule has 0 amide bonds. The Labute approximate surface area is 124 Å².